The molecule has 0 aliphatic carbocycles. The maximum atomic E-state index is 12.4. The summed E-state index contributed by atoms with van der Waals surface area (Å²) in [5, 5.41) is 5.09. The second-order valence-corrected chi connectivity index (χ2v) is 5.10. The Morgan fingerprint density at radius 3 is 2.28 bits per heavy atom. The monoisotopic (exact) mass is 352 g/mol. The summed E-state index contributed by atoms with van der Waals surface area (Å²) in [5.74, 6) is -1.06. The number of rotatable bonds is 5. The van der Waals surface area contributed by atoms with E-state index in [1.807, 2.05) is 0 Å². The zero-order chi connectivity index (χ0) is 18.4. The zero-order valence-corrected chi connectivity index (χ0v) is 13.2. The topological polar surface area (TPSA) is 67.4 Å². The van der Waals surface area contributed by atoms with Crippen molar-refractivity contribution in [2.24, 2.45) is 0 Å². The minimum atomic E-state index is -4.81. The number of carbonyl (C=O) groups excluding carboxylic acids is 2. The molecule has 0 atom stereocenters. The van der Waals surface area contributed by atoms with Crippen molar-refractivity contribution in [3.8, 4) is 5.75 Å². The van der Waals surface area contributed by atoms with Crippen LogP contribution in [-0.2, 0) is 11.3 Å². The van der Waals surface area contributed by atoms with Gasteiger partial charge in [0.05, 0.1) is 0 Å². The Hall–Kier alpha value is -3.03. The Morgan fingerprint density at radius 1 is 1.04 bits per heavy atom. The molecule has 2 amide bonds. The minimum absolute atomic E-state index is 0.126. The van der Waals surface area contributed by atoms with Gasteiger partial charge in [0.15, 0.2) is 0 Å². The van der Waals surface area contributed by atoms with Gasteiger partial charge in [0, 0.05) is 30.3 Å². The first-order valence-corrected chi connectivity index (χ1v) is 7.24. The predicted molar refractivity (Wildman–Crippen MR) is 85.0 cm³/mol. The van der Waals surface area contributed by atoms with Crippen molar-refractivity contribution in [3.63, 3.8) is 0 Å². The van der Waals surface area contributed by atoms with Gasteiger partial charge >= 0.3 is 6.36 Å². The van der Waals surface area contributed by atoms with Crippen LogP contribution < -0.4 is 15.4 Å². The molecule has 0 saturated carbocycles. The highest BCUT2D eigenvalue weighted by Crippen LogP contribution is 2.26. The molecule has 0 aromatic heterocycles. The van der Waals surface area contributed by atoms with E-state index in [0.717, 1.165) is 0 Å². The van der Waals surface area contributed by atoms with Crippen molar-refractivity contribution >= 4 is 17.5 Å². The molecule has 0 fully saturated rings. The van der Waals surface area contributed by atoms with Gasteiger partial charge in [-0.05, 0) is 30.3 Å². The Morgan fingerprint density at radius 2 is 1.68 bits per heavy atom. The van der Waals surface area contributed by atoms with Crippen molar-refractivity contribution in [1.29, 1.82) is 0 Å². The molecule has 0 radical (unpaired) electrons. The fraction of sp³-hybridized carbons (Fsp3) is 0.176. The number of para-hydroxylation sites is 1. The third-order valence-electron chi connectivity index (χ3n) is 3.11. The van der Waals surface area contributed by atoms with Crippen LogP contribution >= 0.6 is 0 Å². The highest BCUT2D eigenvalue weighted by atomic mass is 19.4. The summed E-state index contributed by atoms with van der Waals surface area (Å²) in [6.07, 6.45) is -4.81. The number of halogens is 3. The predicted octanol–water partition coefficient (Wildman–Crippen LogP) is 3.47. The van der Waals surface area contributed by atoms with Gasteiger partial charge in [0.2, 0.25) is 5.91 Å². The van der Waals surface area contributed by atoms with Crippen molar-refractivity contribution < 1.29 is 27.5 Å². The molecular weight excluding hydrogens is 337 g/mol. The summed E-state index contributed by atoms with van der Waals surface area (Å²) in [5.41, 5.74) is 1.04. The number of nitrogens with one attached hydrogen (secondary N) is 2. The lowest BCUT2D eigenvalue weighted by Gasteiger charge is -2.13. The van der Waals surface area contributed by atoms with Crippen LogP contribution in [0.5, 0.6) is 5.75 Å². The normalized spacial score (nSPS) is 10.9. The van der Waals surface area contributed by atoms with Gasteiger partial charge in [-0.3, -0.25) is 9.59 Å². The lowest BCUT2D eigenvalue weighted by atomic mass is 10.1. The van der Waals surface area contributed by atoms with E-state index in [9.17, 15) is 22.8 Å². The molecule has 0 spiro atoms. The molecule has 2 N–H and O–H groups in total. The quantitative estimate of drug-likeness (QED) is 0.866. The number of ether oxygens (including phenoxy) is 1. The first-order valence-electron chi connectivity index (χ1n) is 7.24. The van der Waals surface area contributed by atoms with Crippen molar-refractivity contribution in [2.75, 3.05) is 5.32 Å². The highest BCUT2D eigenvalue weighted by Gasteiger charge is 2.31. The second-order valence-electron chi connectivity index (χ2n) is 5.10. The Kier molecular flexibility index (Phi) is 5.63. The van der Waals surface area contributed by atoms with E-state index in [1.54, 1.807) is 18.2 Å². The van der Waals surface area contributed by atoms with E-state index in [4.69, 9.17) is 0 Å². The minimum Gasteiger partial charge on any atom is -0.405 e. The highest BCUT2D eigenvalue weighted by molar-refractivity contribution is 5.95. The van der Waals surface area contributed by atoms with Crippen molar-refractivity contribution in [3.05, 3.63) is 59.7 Å². The number of anilines is 1. The Bertz CT molecular complexity index is 758. The Balaban J connectivity index is 2.01. The van der Waals surface area contributed by atoms with Gasteiger partial charge in [-0.1, -0.05) is 18.2 Å². The lowest BCUT2D eigenvalue weighted by Crippen LogP contribution is -2.24. The zero-order valence-electron chi connectivity index (χ0n) is 13.2. The van der Waals surface area contributed by atoms with Gasteiger partial charge < -0.3 is 15.4 Å². The van der Waals surface area contributed by atoms with E-state index in [0.29, 0.717) is 11.3 Å². The molecular formula is C17H15F3N2O3. The fourth-order valence-corrected chi connectivity index (χ4v) is 2.06. The summed E-state index contributed by atoms with van der Waals surface area (Å²) < 4.78 is 41.1. The van der Waals surface area contributed by atoms with Crippen LogP contribution in [0.1, 0.15) is 22.8 Å². The SMILES string of the molecule is CC(=O)Nc1ccc(C(=O)NCc2ccccc2OC(F)(F)F)cc1. The number of amides is 2. The van der Waals surface area contributed by atoms with E-state index in [2.05, 4.69) is 15.4 Å². The third-order valence-corrected chi connectivity index (χ3v) is 3.11. The standard InChI is InChI=1S/C17H15F3N2O3/c1-11(23)22-14-8-6-12(7-9-14)16(24)21-10-13-4-2-3-5-15(13)25-17(18,19)20/h2-9H,10H2,1H3,(H,21,24)(H,22,23). The van der Waals surface area contributed by atoms with Gasteiger partial charge in [0.25, 0.3) is 5.91 Å². The number of carbonyl (C=O) groups is 2. The summed E-state index contributed by atoms with van der Waals surface area (Å²) in [6.45, 7) is 1.24. The van der Waals surface area contributed by atoms with E-state index >= 15 is 0 Å². The maximum absolute atomic E-state index is 12.4. The van der Waals surface area contributed by atoms with E-state index in [-0.39, 0.29) is 23.8 Å². The Labute approximate surface area is 141 Å². The molecule has 2 aromatic rings. The number of hydrogen-bond acceptors (Lipinski definition) is 3. The summed E-state index contributed by atoms with van der Waals surface area (Å²) in [7, 11) is 0. The average molecular weight is 352 g/mol. The van der Waals surface area contributed by atoms with Crippen LogP contribution in [0.15, 0.2) is 48.5 Å². The molecule has 132 valence electrons. The first kappa shape index (κ1) is 18.3. The van der Waals surface area contributed by atoms with Crippen LogP contribution in [0, 0.1) is 0 Å². The summed E-state index contributed by atoms with van der Waals surface area (Å²) in [6, 6.07) is 11.7. The van der Waals surface area contributed by atoms with Crippen LogP contribution in [0.3, 0.4) is 0 Å². The maximum Gasteiger partial charge on any atom is 0.573 e. The largest absolute Gasteiger partial charge is 0.573 e. The number of alkyl halides is 3. The van der Waals surface area contributed by atoms with Gasteiger partial charge in [-0.25, -0.2) is 0 Å². The lowest BCUT2D eigenvalue weighted by molar-refractivity contribution is -0.274. The molecule has 0 aliphatic heterocycles. The first-order chi connectivity index (χ1) is 11.7. The van der Waals surface area contributed by atoms with Crippen molar-refractivity contribution in [1.82, 2.24) is 5.32 Å². The fourth-order valence-electron chi connectivity index (χ4n) is 2.06. The van der Waals surface area contributed by atoms with Crippen LogP contribution in [-0.4, -0.2) is 18.2 Å². The van der Waals surface area contributed by atoms with E-state index < -0.39 is 12.3 Å². The molecule has 0 bridgehead atoms. The molecule has 25 heavy (non-hydrogen) atoms. The molecule has 0 aliphatic rings. The second kappa shape index (κ2) is 7.69. The molecule has 2 aromatic carbocycles. The molecule has 2 rings (SSSR count). The summed E-state index contributed by atoms with van der Waals surface area (Å²) >= 11 is 0. The molecule has 0 saturated heterocycles. The van der Waals surface area contributed by atoms with Crippen LogP contribution in [0.25, 0.3) is 0 Å². The third kappa shape index (κ3) is 5.83. The molecule has 0 heterocycles. The molecule has 8 heteroatoms. The van der Waals surface area contributed by atoms with E-state index in [1.165, 1.54) is 37.3 Å². The average Bonchev–Trinajstić information content (AvgIpc) is 2.52. The van der Waals surface area contributed by atoms with Gasteiger partial charge in [-0.15, -0.1) is 13.2 Å². The molecule has 5 nitrogen and oxygen atoms in total. The van der Waals surface area contributed by atoms with Crippen LogP contribution in [0.4, 0.5) is 18.9 Å². The number of benzene rings is 2. The van der Waals surface area contributed by atoms with Gasteiger partial charge in [-0.2, -0.15) is 0 Å². The van der Waals surface area contributed by atoms with Gasteiger partial charge in [0.1, 0.15) is 5.75 Å². The number of hydrogen-bond donors (Lipinski definition) is 2. The van der Waals surface area contributed by atoms with Crippen molar-refractivity contribution in [2.45, 2.75) is 19.8 Å². The molecule has 0 unspecified atom stereocenters. The van der Waals surface area contributed by atoms with Crippen LogP contribution in [0.2, 0.25) is 0 Å². The smallest absolute Gasteiger partial charge is 0.405 e. The summed E-state index contributed by atoms with van der Waals surface area (Å²) in [4.78, 5) is 23.0.